The van der Waals surface area contributed by atoms with Gasteiger partial charge in [0.1, 0.15) is 5.75 Å². The van der Waals surface area contributed by atoms with E-state index in [1.165, 1.54) is 29.6 Å². The zero-order chi connectivity index (χ0) is 15.6. The first kappa shape index (κ1) is 15.6. The highest BCUT2D eigenvalue weighted by Crippen LogP contribution is 2.28. The lowest BCUT2D eigenvalue weighted by molar-refractivity contribution is -0.125. The number of phenols is 1. The number of nitrogens with two attached hydrogens (primary N) is 1. The minimum Gasteiger partial charge on any atom is -0.506 e. The van der Waals surface area contributed by atoms with Gasteiger partial charge in [-0.2, -0.15) is 4.31 Å². The SMILES string of the molecule is CNC(=O)C1CCCN(S(=O)(=O)c2ccc(O)c(N)c2)C1. The third-order valence-corrected chi connectivity index (χ3v) is 5.50. The summed E-state index contributed by atoms with van der Waals surface area (Å²) in [5, 5.41) is 11.9. The van der Waals surface area contributed by atoms with Crippen molar-refractivity contribution in [3.05, 3.63) is 18.2 Å². The Hall–Kier alpha value is -1.80. The van der Waals surface area contributed by atoms with Crippen LogP contribution in [0.15, 0.2) is 23.1 Å². The first-order valence-corrected chi connectivity index (χ1v) is 8.10. The largest absolute Gasteiger partial charge is 0.506 e. The molecule has 7 nitrogen and oxygen atoms in total. The quantitative estimate of drug-likeness (QED) is 0.542. The molecule has 21 heavy (non-hydrogen) atoms. The van der Waals surface area contributed by atoms with Crippen molar-refractivity contribution in [3.63, 3.8) is 0 Å². The zero-order valence-electron chi connectivity index (χ0n) is 11.7. The van der Waals surface area contributed by atoms with Crippen LogP contribution in [0.25, 0.3) is 0 Å². The highest BCUT2D eigenvalue weighted by Gasteiger charge is 2.33. The Morgan fingerprint density at radius 3 is 2.81 bits per heavy atom. The molecule has 1 aromatic carbocycles. The van der Waals surface area contributed by atoms with Crippen LogP contribution in [-0.2, 0) is 14.8 Å². The van der Waals surface area contributed by atoms with Crippen LogP contribution in [0.2, 0.25) is 0 Å². The van der Waals surface area contributed by atoms with Crippen LogP contribution in [0, 0.1) is 5.92 Å². The number of phenolic OH excluding ortho intramolecular Hbond substituents is 1. The molecule has 8 heteroatoms. The molecule has 0 radical (unpaired) electrons. The number of amides is 1. The van der Waals surface area contributed by atoms with Gasteiger partial charge in [-0.15, -0.1) is 0 Å². The summed E-state index contributed by atoms with van der Waals surface area (Å²) < 4.78 is 26.4. The van der Waals surface area contributed by atoms with Crippen molar-refractivity contribution in [2.75, 3.05) is 25.9 Å². The van der Waals surface area contributed by atoms with Gasteiger partial charge in [0, 0.05) is 20.1 Å². The number of hydrogen-bond donors (Lipinski definition) is 3. The van der Waals surface area contributed by atoms with E-state index in [9.17, 15) is 18.3 Å². The van der Waals surface area contributed by atoms with Crippen LogP contribution in [0.4, 0.5) is 5.69 Å². The third-order valence-electron chi connectivity index (χ3n) is 3.64. The van der Waals surface area contributed by atoms with E-state index in [2.05, 4.69) is 5.32 Å². The number of aromatic hydroxyl groups is 1. The van der Waals surface area contributed by atoms with Gasteiger partial charge in [-0.25, -0.2) is 8.42 Å². The van der Waals surface area contributed by atoms with Crippen molar-refractivity contribution in [1.82, 2.24) is 9.62 Å². The number of hydrogen-bond acceptors (Lipinski definition) is 5. The van der Waals surface area contributed by atoms with Gasteiger partial charge in [0.05, 0.1) is 16.5 Å². The number of nitrogens with zero attached hydrogens (tertiary/aromatic N) is 1. The van der Waals surface area contributed by atoms with Crippen LogP contribution in [0.3, 0.4) is 0 Å². The lowest BCUT2D eigenvalue weighted by Crippen LogP contribution is -2.44. The highest BCUT2D eigenvalue weighted by atomic mass is 32.2. The zero-order valence-corrected chi connectivity index (χ0v) is 12.6. The molecule has 4 N–H and O–H groups in total. The average Bonchev–Trinajstić information content (AvgIpc) is 2.49. The molecule has 116 valence electrons. The lowest BCUT2D eigenvalue weighted by Gasteiger charge is -2.31. The maximum Gasteiger partial charge on any atom is 0.243 e. The van der Waals surface area contributed by atoms with Crippen LogP contribution >= 0.6 is 0 Å². The number of nitrogen functional groups attached to an aromatic ring is 1. The predicted octanol–water partition coefficient (Wildman–Crippen LogP) is 0.121. The summed E-state index contributed by atoms with van der Waals surface area (Å²) in [4.78, 5) is 11.7. The molecular weight excluding hydrogens is 294 g/mol. The number of anilines is 1. The normalized spacial score (nSPS) is 20.1. The van der Waals surface area contributed by atoms with E-state index < -0.39 is 10.0 Å². The molecule has 0 aliphatic carbocycles. The van der Waals surface area contributed by atoms with Crippen LogP contribution in [0.1, 0.15) is 12.8 Å². The van der Waals surface area contributed by atoms with Gasteiger partial charge in [0.25, 0.3) is 0 Å². The summed E-state index contributed by atoms with van der Waals surface area (Å²) in [7, 11) is -2.18. The fraction of sp³-hybridized carbons (Fsp3) is 0.462. The van der Waals surface area contributed by atoms with Crippen molar-refractivity contribution in [2.24, 2.45) is 5.92 Å². The molecular formula is C13H19N3O4S. The summed E-state index contributed by atoms with van der Waals surface area (Å²) in [6.07, 6.45) is 1.30. The lowest BCUT2D eigenvalue weighted by atomic mass is 9.99. The fourth-order valence-electron chi connectivity index (χ4n) is 2.42. The Morgan fingerprint density at radius 2 is 2.19 bits per heavy atom. The molecule has 0 aromatic heterocycles. The molecule has 1 amide bonds. The van der Waals surface area contributed by atoms with Gasteiger partial charge >= 0.3 is 0 Å². The maximum absolute atomic E-state index is 12.6. The summed E-state index contributed by atoms with van der Waals surface area (Å²) in [6.45, 7) is 0.527. The van der Waals surface area contributed by atoms with Gasteiger partial charge < -0.3 is 16.2 Å². The number of piperidine rings is 1. The van der Waals surface area contributed by atoms with E-state index in [0.717, 1.165) is 0 Å². The maximum atomic E-state index is 12.6. The Bertz CT molecular complexity index is 645. The van der Waals surface area contributed by atoms with Gasteiger partial charge in [-0.1, -0.05) is 0 Å². The van der Waals surface area contributed by atoms with Crippen LogP contribution in [-0.4, -0.2) is 43.9 Å². The second-order valence-electron chi connectivity index (χ2n) is 5.04. The Labute approximate surface area is 123 Å². The minimum atomic E-state index is -3.71. The van der Waals surface area contributed by atoms with Crippen LogP contribution in [0.5, 0.6) is 5.75 Å². The molecule has 1 fully saturated rings. The van der Waals surface area contributed by atoms with E-state index in [0.29, 0.717) is 19.4 Å². The third kappa shape index (κ3) is 3.11. The molecule has 2 rings (SSSR count). The number of sulfonamides is 1. The van der Waals surface area contributed by atoms with E-state index in [4.69, 9.17) is 5.73 Å². The van der Waals surface area contributed by atoms with Crippen molar-refractivity contribution in [1.29, 1.82) is 0 Å². The Kier molecular flexibility index (Phi) is 4.38. The molecule has 1 saturated heterocycles. The number of carbonyl (C=O) groups is 1. The molecule has 1 unspecified atom stereocenters. The predicted molar refractivity (Wildman–Crippen MR) is 78.1 cm³/mol. The second kappa shape index (κ2) is 5.90. The van der Waals surface area contributed by atoms with E-state index in [1.54, 1.807) is 0 Å². The topological polar surface area (TPSA) is 113 Å². The standard InChI is InChI=1S/C13H19N3O4S/c1-15-13(18)9-3-2-6-16(8-9)21(19,20)10-4-5-12(17)11(14)7-10/h4-5,7,9,17H,2-3,6,8,14H2,1H3,(H,15,18). The summed E-state index contributed by atoms with van der Waals surface area (Å²) in [6, 6.07) is 3.79. The molecule has 1 aliphatic rings. The van der Waals surface area contributed by atoms with E-state index in [1.807, 2.05) is 0 Å². The average molecular weight is 313 g/mol. The van der Waals surface area contributed by atoms with Crippen molar-refractivity contribution in [3.8, 4) is 5.75 Å². The Morgan fingerprint density at radius 1 is 1.48 bits per heavy atom. The van der Waals surface area contributed by atoms with Crippen molar-refractivity contribution < 1.29 is 18.3 Å². The number of nitrogens with one attached hydrogen (secondary N) is 1. The molecule has 0 bridgehead atoms. The first-order chi connectivity index (χ1) is 9.86. The number of rotatable bonds is 3. The van der Waals surface area contributed by atoms with Gasteiger partial charge in [0.2, 0.25) is 15.9 Å². The van der Waals surface area contributed by atoms with Crippen LogP contribution < -0.4 is 11.1 Å². The molecule has 1 aliphatic heterocycles. The van der Waals surface area contributed by atoms with E-state index >= 15 is 0 Å². The van der Waals surface area contributed by atoms with Gasteiger partial charge in [-0.05, 0) is 31.0 Å². The van der Waals surface area contributed by atoms with Gasteiger partial charge in [-0.3, -0.25) is 4.79 Å². The van der Waals surface area contributed by atoms with Crippen molar-refractivity contribution >= 4 is 21.6 Å². The first-order valence-electron chi connectivity index (χ1n) is 6.66. The molecule has 1 atom stereocenters. The molecule has 0 saturated carbocycles. The minimum absolute atomic E-state index is 0.0101. The fourth-order valence-corrected chi connectivity index (χ4v) is 3.98. The summed E-state index contributed by atoms with van der Waals surface area (Å²) >= 11 is 0. The number of carbonyl (C=O) groups excluding carboxylic acids is 1. The van der Waals surface area contributed by atoms with Gasteiger partial charge in [0.15, 0.2) is 0 Å². The van der Waals surface area contributed by atoms with E-state index in [-0.39, 0.29) is 34.7 Å². The summed E-state index contributed by atoms with van der Waals surface area (Å²) in [5.74, 6) is -0.649. The smallest absolute Gasteiger partial charge is 0.243 e. The molecule has 1 heterocycles. The number of benzene rings is 1. The second-order valence-corrected chi connectivity index (χ2v) is 6.98. The molecule has 1 aromatic rings. The molecule has 0 spiro atoms. The monoisotopic (exact) mass is 313 g/mol. The summed E-state index contributed by atoms with van der Waals surface area (Å²) in [5.41, 5.74) is 5.56. The Balaban J connectivity index is 2.26. The highest BCUT2D eigenvalue weighted by molar-refractivity contribution is 7.89. The van der Waals surface area contributed by atoms with Crippen molar-refractivity contribution in [2.45, 2.75) is 17.7 Å².